The Labute approximate surface area is 243 Å². The van der Waals surface area contributed by atoms with Crippen molar-refractivity contribution in [1.82, 2.24) is 29.5 Å². The van der Waals surface area contributed by atoms with Crippen molar-refractivity contribution in [1.29, 1.82) is 0 Å². The van der Waals surface area contributed by atoms with Gasteiger partial charge in [0.05, 0.1) is 23.4 Å². The third-order valence-electron chi connectivity index (χ3n) is 8.04. The van der Waals surface area contributed by atoms with Crippen LogP contribution in [0.15, 0.2) is 49.3 Å². The Hall–Kier alpha value is -3.50. The summed E-state index contributed by atoms with van der Waals surface area (Å²) in [4.78, 5) is 35.2. The summed E-state index contributed by atoms with van der Waals surface area (Å²) in [6.45, 7) is 20.1. The minimum Gasteiger partial charge on any atom is -0.414 e. The van der Waals surface area contributed by atoms with Crippen molar-refractivity contribution in [3.05, 3.63) is 71.7 Å². The highest BCUT2D eigenvalue weighted by molar-refractivity contribution is 6.74. The van der Waals surface area contributed by atoms with E-state index in [0.717, 1.165) is 16.6 Å². The molecule has 4 aromatic heterocycles. The molecule has 4 aromatic rings. The topological polar surface area (TPSA) is 105 Å². The predicted molar refractivity (Wildman–Crippen MR) is 163 cm³/mol. The van der Waals surface area contributed by atoms with Crippen LogP contribution in [-0.2, 0) is 27.7 Å². The van der Waals surface area contributed by atoms with Gasteiger partial charge in [0.25, 0.3) is 0 Å². The molecular weight excluding hydrogens is 532 g/mol. The van der Waals surface area contributed by atoms with Gasteiger partial charge in [-0.3, -0.25) is 19.6 Å². The number of fused-ring (bicyclic) bond motifs is 1. The van der Waals surface area contributed by atoms with E-state index in [1.165, 1.54) is 0 Å². The van der Waals surface area contributed by atoms with Gasteiger partial charge in [0, 0.05) is 60.1 Å². The van der Waals surface area contributed by atoms with E-state index in [-0.39, 0.29) is 35.5 Å². The summed E-state index contributed by atoms with van der Waals surface area (Å²) in [7, 11) is -1.97. The van der Waals surface area contributed by atoms with Crippen molar-refractivity contribution in [3.63, 3.8) is 0 Å². The van der Waals surface area contributed by atoms with E-state index in [1.54, 1.807) is 41.7 Å². The summed E-state index contributed by atoms with van der Waals surface area (Å²) in [6.07, 6.45) is 10.5. The molecule has 0 aromatic carbocycles. The lowest BCUT2D eigenvalue weighted by Crippen LogP contribution is -2.45. The van der Waals surface area contributed by atoms with Gasteiger partial charge in [0.15, 0.2) is 19.9 Å². The molecule has 0 atom stereocenters. The Morgan fingerprint density at radius 2 is 1.76 bits per heavy atom. The first kappa shape index (κ1) is 30.5. The minimum absolute atomic E-state index is 0.0408. The zero-order valence-corrected chi connectivity index (χ0v) is 26.7. The van der Waals surface area contributed by atoms with E-state index in [9.17, 15) is 9.59 Å². The number of rotatable bonds is 11. The monoisotopic (exact) mass is 574 g/mol. The van der Waals surface area contributed by atoms with E-state index in [2.05, 4.69) is 72.6 Å². The van der Waals surface area contributed by atoms with Crippen molar-refractivity contribution >= 4 is 30.8 Å². The summed E-state index contributed by atoms with van der Waals surface area (Å²) in [6, 6.07) is 3.68. The van der Waals surface area contributed by atoms with E-state index in [1.807, 2.05) is 26.1 Å². The first-order valence-corrected chi connectivity index (χ1v) is 17.0. The van der Waals surface area contributed by atoms with Gasteiger partial charge < -0.3 is 8.99 Å². The fourth-order valence-electron chi connectivity index (χ4n) is 4.38. The Bertz CT molecular complexity index is 1560. The molecule has 0 radical (unpaired) electrons. The molecule has 0 fully saturated rings. The number of hydrogen-bond acceptors (Lipinski definition) is 7. The largest absolute Gasteiger partial charge is 0.414 e. The van der Waals surface area contributed by atoms with Gasteiger partial charge in [-0.1, -0.05) is 39.8 Å². The SMILES string of the molecule is CC(C)c1cn(CC(=O)Cc2cncc(C(=O)c3cn(C(C)(C)CO[Si](C)(C)C(C)(C)C)c4ccncc34)c2)nn1. The predicted octanol–water partition coefficient (Wildman–Crippen LogP) is 5.95. The number of aromatic nitrogens is 6. The number of carbonyl (C=O) groups excluding carboxylic acids is 2. The molecule has 0 aliphatic carbocycles. The van der Waals surface area contributed by atoms with Crippen LogP contribution in [0.1, 0.15) is 81.6 Å². The number of ketones is 2. The van der Waals surface area contributed by atoms with Gasteiger partial charge in [0.1, 0.15) is 6.54 Å². The lowest BCUT2D eigenvalue weighted by atomic mass is 10.0. The average Bonchev–Trinajstić information content (AvgIpc) is 3.52. The summed E-state index contributed by atoms with van der Waals surface area (Å²) >= 11 is 0. The molecule has 0 aliphatic rings. The second-order valence-electron chi connectivity index (χ2n) is 13.3. The molecule has 9 nitrogen and oxygen atoms in total. The normalized spacial score (nSPS) is 12.8. The summed E-state index contributed by atoms with van der Waals surface area (Å²) < 4.78 is 10.3. The van der Waals surface area contributed by atoms with Gasteiger partial charge in [0.2, 0.25) is 0 Å². The van der Waals surface area contributed by atoms with Gasteiger partial charge >= 0.3 is 0 Å². The number of nitrogens with zero attached hydrogens (tertiary/aromatic N) is 6. The lowest BCUT2D eigenvalue weighted by molar-refractivity contribution is -0.119. The number of carbonyl (C=O) groups is 2. The van der Waals surface area contributed by atoms with Crippen LogP contribution >= 0.6 is 0 Å². The molecule has 0 spiro atoms. The van der Waals surface area contributed by atoms with Crippen LogP contribution in [0.5, 0.6) is 0 Å². The zero-order chi connectivity index (χ0) is 30.2. The summed E-state index contributed by atoms with van der Waals surface area (Å²) in [5.41, 5.74) is 3.00. The second-order valence-corrected chi connectivity index (χ2v) is 18.1. The molecular formula is C31H42N6O3Si. The van der Waals surface area contributed by atoms with Crippen molar-refractivity contribution in [2.75, 3.05) is 6.61 Å². The van der Waals surface area contributed by atoms with Crippen LogP contribution in [0.4, 0.5) is 0 Å². The quantitative estimate of drug-likeness (QED) is 0.161. The Balaban J connectivity index is 1.57. The molecule has 4 heterocycles. The maximum absolute atomic E-state index is 13.8. The van der Waals surface area contributed by atoms with Gasteiger partial charge in [-0.15, -0.1) is 5.10 Å². The fourth-order valence-corrected chi connectivity index (χ4v) is 5.53. The van der Waals surface area contributed by atoms with E-state index < -0.39 is 13.9 Å². The summed E-state index contributed by atoms with van der Waals surface area (Å²) in [5.74, 6) is 0.0329. The van der Waals surface area contributed by atoms with Crippen LogP contribution in [0, 0.1) is 0 Å². The van der Waals surface area contributed by atoms with E-state index >= 15 is 0 Å². The molecule has 4 rings (SSSR count). The molecule has 10 heteroatoms. The van der Waals surface area contributed by atoms with Crippen molar-refractivity contribution < 1.29 is 14.0 Å². The second kappa shape index (κ2) is 11.4. The standard InChI is InChI=1S/C31H42N6O3Si/c1-21(2)27-19-36(35-34-27)17-24(38)13-22-12-23(15-33-14-22)29(39)26-18-37(28-10-11-32-16-25(26)28)31(6,7)20-40-41(8,9)30(3,4)5/h10-12,14-16,18-19,21H,13,17,20H2,1-9H3. The molecule has 0 bridgehead atoms. The van der Waals surface area contributed by atoms with Crippen molar-refractivity contribution in [3.8, 4) is 0 Å². The summed E-state index contributed by atoms with van der Waals surface area (Å²) in [5, 5.41) is 9.04. The molecule has 0 saturated heterocycles. The Morgan fingerprint density at radius 3 is 2.41 bits per heavy atom. The maximum Gasteiger partial charge on any atom is 0.196 e. The zero-order valence-electron chi connectivity index (χ0n) is 25.7. The number of Topliss-reactive ketones (excluding diaryl/α,β-unsaturated/α-hetero) is 1. The van der Waals surface area contributed by atoms with Crippen molar-refractivity contribution in [2.24, 2.45) is 0 Å². The smallest absolute Gasteiger partial charge is 0.196 e. The molecule has 0 amide bonds. The first-order chi connectivity index (χ1) is 19.1. The van der Waals surface area contributed by atoms with Gasteiger partial charge in [-0.25, -0.2) is 4.68 Å². The van der Waals surface area contributed by atoms with Gasteiger partial charge in [-0.05, 0) is 55.6 Å². The van der Waals surface area contributed by atoms with Crippen molar-refractivity contribution in [2.45, 2.75) is 91.0 Å². The molecule has 0 N–H and O–H groups in total. The third-order valence-corrected chi connectivity index (χ3v) is 12.5. The highest BCUT2D eigenvalue weighted by Crippen LogP contribution is 2.38. The molecule has 218 valence electrons. The van der Waals surface area contributed by atoms with Crippen LogP contribution in [0.3, 0.4) is 0 Å². The minimum atomic E-state index is -1.97. The highest BCUT2D eigenvalue weighted by Gasteiger charge is 2.39. The molecule has 0 unspecified atom stereocenters. The van der Waals surface area contributed by atoms with Crippen LogP contribution in [-0.4, -0.2) is 56.0 Å². The molecule has 0 aliphatic heterocycles. The number of pyridine rings is 2. The third kappa shape index (κ3) is 6.70. The molecule has 41 heavy (non-hydrogen) atoms. The van der Waals surface area contributed by atoms with E-state index in [4.69, 9.17) is 4.43 Å². The van der Waals surface area contributed by atoms with Crippen LogP contribution in [0.2, 0.25) is 18.1 Å². The van der Waals surface area contributed by atoms with E-state index in [0.29, 0.717) is 23.3 Å². The van der Waals surface area contributed by atoms with Gasteiger partial charge in [-0.2, -0.15) is 0 Å². The first-order valence-electron chi connectivity index (χ1n) is 14.1. The Kier molecular flexibility index (Phi) is 8.47. The molecule has 0 saturated carbocycles. The van der Waals surface area contributed by atoms with Crippen LogP contribution in [0.25, 0.3) is 10.9 Å². The average molecular weight is 575 g/mol. The maximum atomic E-state index is 13.8. The Morgan fingerprint density at radius 1 is 1.02 bits per heavy atom. The van der Waals surface area contributed by atoms with Crippen LogP contribution < -0.4 is 0 Å². The number of hydrogen-bond donors (Lipinski definition) is 0. The highest BCUT2D eigenvalue weighted by atomic mass is 28.4. The lowest BCUT2D eigenvalue weighted by Gasteiger charge is -2.39. The fraction of sp³-hybridized carbons (Fsp3) is 0.484.